The lowest BCUT2D eigenvalue weighted by atomic mass is 9.96. The third-order valence-electron chi connectivity index (χ3n) is 2.16. The highest BCUT2D eigenvalue weighted by Crippen LogP contribution is 2.12. The average Bonchev–Trinajstić information content (AvgIpc) is 2.13. The molecule has 3 heteroatoms. The fraction of sp³-hybridized carbons (Fsp3) is 0.727. The lowest BCUT2D eigenvalue weighted by Gasteiger charge is -2.25. The number of rotatable bonds is 6. The third kappa shape index (κ3) is 4.29. The highest BCUT2D eigenvalue weighted by molar-refractivity contribution is 5.78. The van der Waals surface area contributed by atoms with E-state index in [0.29, 0.717) is 19.4 Å². The summed E-state index contributed by atoms with van der Waals surface area (Å²) in [5.74, 6) is 4.89. The van der Waals surface area contributed by atoms with E-state index in [1.165, 1.54) is 0 Å². The lowest BCUT2D eigenvalue weighted by molar-refractivity contribution is -0.144. The number of carboxylic acid groups (broad SMARTS) is 1. The second kappa shape index (κ2) is 6.44. The predicted molar refractivity (Wildman–Crippen MR) is 57.0 cm³/mol. The van der Waals surface area contributed by atoms with Gasteiger partial charge in [-0.05, 0) is 20.3 Å². The van der Waals surface area contributed by atoms with E-state index in [0.717, 1.165) is 6.42 Å². The normalized spacial score (nSPS) is 13.9. The lowest BCUT2D eigenvalue weighted by Crippen LogP contribution is -2.49. The van der Waals surface area contributed by atoms with Crippen LogP contribution in [0.15, 0.2) is 0 Å². The Kier molecular flexibility index (Phi) is 5.98. The van der Waals surface area contributed by atoms with Gasteiger partial charge in [-0.2, -0.15) is 0 Å². The van der Waals surface area contributed by atoms with Gasteiger partial charge in [-0.1, -0.05) is 13.3 Å². The molecule has 80 valence electrons. The Morgan fingerprint density at radius 1 is 1.57 bits per heavy atom. The van der Waals surface area contributed by atoms with Crippen LogP contribution in [0.25, 0.3) is 0 Å². The summed E-state index contributed by atoms with van der Waals surface area (Å²) >= 11 is 0. The van der Waals surface area contributed by atoms with Gasteiger partial charge in [0.25, 0.3) is 0 Å². The molecule has 0 aliphatic heterocycles. The first-order valence-corrected chi connectivity index (χ1v) is 4.95. The standard InChI is InChI=1S/C11H19NO2/c1-4-6-7-9-12-11(3,8-5-2)10(13)14/h12H,5,7-9H2,1-3H3,(H,13,14). The molecule has 3 nitrogen and oxygen atoms in total. The van der Waals surface area contributed by atoms with Crippen LogP contribution in [0.4, 0.5) is 0 Å². The van der Waals surface area contributed by atoms with Crippen LogP contribution in [0, 0.1) is 11.8 Å². The fourth-order valence-electron chi connectivity index (χ4n) is 1.30. The highest BCUT2D eigenvalue weighted by atomic mass is 16.4. The van der Waals surface area contributed by atoms with E-state index in [1.54, 1.807) is 13.8 Å². The second-order valence-electron chi connectivity index (χ2n) is 3.49. The number of carboxylic acids is 1. The number of carbonyl (C=O) groups is 1. The number of nitrogens with one attached hydrogen (secondary N) is 1. The van der Waals surface area contributed by atoms with E-state index in [9.17, 15) is 4.79 Å². The van der Waals surface area contributed by atoms with Crippen LogP contribution in [-0.2, 0) is 4.79 Å². The Balaban J connectivity index is 4.07. The molecule has 0 aromatic heterocycles. The molecule has 1 unspecified atom stereocenters. The Bertz CT molecular complexity index is 239. The van der Waals surface area contributed by atoms with E-state index < -0.39 is 11.5 Å². The molecule has 0 bridgehead atoms. The molecular formula is C11H19NO2. The quantitative estimate of drug-likeness (QED) is 0.502. The maximum absolute atomic E-state index is 11.0. The molecule has 14 heavy (non-hydrogen) atoms. The van der Waals surface area contributed by atoms with Gasteiger partial charge in [0.15, 0.2) is 0 Å². The van der Waals surface area contributed by atoms with Crippen molar-refractivity contribution in [3.05, 3.63) is 0 Å². The molecule has 0 radical (unpaired) electrons. The van der Waals surface area contributed by atoms with Crippen molar-refractivity contribution in [1.29, 1.82) is 0 Å². The van der Waals surface area contributed by atoms with E-state index in [2.05, 4.69) is 17.2 Å². The smallest absolute Gasteiger partial charge is 0.323 e. The fourth-order valence-corrected chi connectivity index (χ4v) is 1.30. The van der Waals surface area contributed by atoms with Crippen LogP contribution in [0.1, 0.15) is 40.0 Å². The van der Waals surface area contributed by atoms with Gasteiger partial charge in [0.1, 0.15) is 5.54 Å². The largest absolute Gasteiger partial charge is 0.480 e. The monoisotopic (exact) mass is 197 g/mol. The molecule has 0 aliphatic rings. The predicted octanol–water partition coefficient (Wildman–Crippen LogP) is 1.63. The zero-order valence-corrected chi connectivity index (χ0v) is 9.18. The summed E-state index contributed by atoms with van der Waals surface area (Å²) < 4.78 is 0. The van der Waals surface area contributed by atoms with E-state index in [1.807, 2.05) is 6.92 Å². The molecule has 0 rings (SSSR count). The topological polar surface area (TPSA) is 49.3 Å². The molecule has 1 atom stereocenters. The summed E-state index contributed by atoms with van der Waals surface area (Å²) in [5, 5.41) is 12.1. The molecule has 2 N–H and O–H groups in total. The molecule has 0 aromatic rings. The minimum atomic E-state index is -0.801. The first-order valence-electron chi connectivity index (χ1n) is 4.95. The van der Waals surface area contributed by atoms with Crippen LogP contribution in [0.2, 0.25) is 0 Å². The zero-order valence-electron chi connectivity index (χ0n) is 9.18. The Morgan fingerprint density at radius 3 is 2.64 bits per heavy atom. The number of hydrogen-bond donors (Lipinski definition) is 2. The number of aliphatic carboxylic acids is 1. The number of hydrogen-bond acceptors (Lipinski definition) is 2. The molecule has 0 amide bonds. The Morgan fingerprint density at radius 2 is 2.21 bits per heavy atom. The molecule has 0 heterocycles. The SMILES string of the molecule is CC#CCCNC(C)(CCC)C(=O)O. The molecule has 0 aromatic carbocycles. The van der Waals surface area contributed by atoms with Crippen molar-refractivity contribution in [2.24, 2.45) is 0 Å². The summed E-state index contributed by atoms with van der Waals surface area (Å²) in [5.41, 5.74) is -0.801. The van der Waals surface area contributed by atoms with Crippen LogP contribution in [0.5, 0.6) is 0 Å². The van der Waals surface area contributed by atoms with Gasteiger partial charge in [0, 0.05) is 13.0 Å². The Hall–Kier alpha value is -1.01. The first-order chi connectivity index (χ1) is 6.56. The van der Waals surface area contributed by atoms with Gasteiger partial charge < -0.3 is 10.4 Å². The van der Waals surface area contributed by atoms with Crippen molar-refractivity contribution < 1.29 is 9.90 Å². The van der Waals surface area contributed by atoms with Gasteiger partial charge >= 0.3 is 5.97 Å². The minimum Gasteiger partial charge on any atom is -0.480 e. The van der Waals surface area contributed by atoms with Crippen LogP contribution >= 0.6 is 0 Å². The zero-order chi connectivity index (χ0) is 11.0. The molecular weight excluding hydrogens is 178 g/mol. The van der Waals surface area contributed by atoms with Crippen LogP contribution < -0.4 is 5.32 Å². The van der Waals surface area contributed by atoms with E-state index in [-0.39, 0.29) is 0 Å². The van der Waals surface area contributed by atoms with E-state index >= 15 is 0 Å². The van der Waals surface area contributed by atoms with Crippen molar-refractivity contribution in [2.45, 2.75) is 45.6 Å². The van der Waals surface area contributed by atoms with E-state index in [4.69, 9.17) is 5.11 Å². The van der Waals surface area contributed by atoms with Crippen molar-refractivity contribution in [3.8, 4) is 11.8 Å². The van der Waals surface area contributed by atoms with Crippen molar-refractivity contribution in [3.63, 3.8) is 0 Å². The highest BCUT2D eigenvalue weighted by Gasteiger charge is 2.30. The van der Waals surface area contributed by atoms with Crippen LogP contribution in [0.3, 0.4) is 0 Å². The summed E-state index contributed by atoms with van der Waals surface area (Å²) in [7, 11) is 0. The van der Waals surface area contributed by atoms with Crippen LogP contribution in [-0.4, -0.2) is 23.2 Å². The summed E-state index contributed by atoms with van der Waals surface area (Å²) in [6.45, 7) is 6.11. The molecule has 0 saturated carbocycles. The van der Waals surface area contributed by atoms with Gasteiger partial charge in [-0.25, -0.2) is 0 Å². The summed E-state index contributed by atoms with van der Waals surface area (Å²) in [4.78, 5) is 11.0. The maximum atomic E-state index is 11.0. The molecule has 0 spiro atoms. The first kappa shape index (κ1) is 13.0. The second-order valence-corrected chi connectivity index (χ2v) is 3.49. The maximum Gasteiger partial charge on any atom is 0.323 e. The minimum absolute atomic E-state index is 0.629. The molecule has 0 aliphatic carbocycles. The van der Waals surface area contributed by atoms with Gasteiger partial charge in [0.2, 0.25) is 0 Å². The van der Waals surface area contributed by atoms with Gasteiger partial charge in [0.05, 0.1) is 0 Å². The summed E-state index contributed by atoms with van der Waals surface area (Å²) in [6.07, 6.45) is 2.19. The van der Waals surface area contributed by atoms with Gasteiger partial charge in [-0.15, -0.1) is 11.8 Å². The molecule has 0 fully saturated rings. The summed E-state index contributed by atoms with van der Waals surface area (Å²) in [6, 6.07) is 0. The Labute approximate surface area is 85.9 Å². The molecule has 0 saturated heterocycles. The third-order valence-corrected chi connectivity index (χ3v) is 2.16. The van der Waals surface area contributed by atoms with Crippen molar-refractivity contribution >= 4 is 5.97 Å². The van der Waals surface area contributed by atoms with Crippen molar-refractivity contribution in [1.82, 2.24) is 5.32 Å². The van der Waals surface area contributed by atoms with Gasteiger partial charge in [-0.3, -0.25) is 4.79 Å². The van der Waals surface area contributed by atoms with Crippen molar-refractivity contribution in [2.75, 3.05) is 6.54 Å². The average molecular weight is 197 g/mol.